The standard InChI is InChI=1S/C12H17N3/c13-11-10-8-15-4-1-9(10)7-12(11)2-5-14-6-3-12/h1,4,8,11,14H,2-3,5-7,13H2/t11-/m1/s1. The van der Waals surface area contributed by atoms with Gasteiger partial charge < -0.3 is 11.1 Å². The molecule has 1 aliphatic heterocycles. The van der Waals surface area contributed by atoms with Gasteiger partial charge in [0.15, 0.2) is 0 Å². The van der Waals surface area contributed by atoms with Crippen LogP contribution in [0.15, 0.2) is 18.5 Å². The van der Waals surface area contributed by atoms with E-state index in [0.29, 0.717) is 5.41 Å². The minimum atomic E-state index is 0.197. The molecule has 1 fully saturated rings. The Hall–Kier alpha value is -0.930. The SMILES string of the molecule is N[C@@H]1c2cnccc2CC12CCNCC2. The van der Waals surface area contributed by atoms with E-state index in [1.54, 1.807) is 0 Å². The summed E-state index contributed by atoms with van der Waals surface area (Å²) < 4.78 is 0. The van der Waals surface area contributed by atoms with Gasteiger partial charge in [-0.2, -0.15) is 0 Å². The van der Waals surface area contributed by atoms with Crippen molar-refractivity contribution in [2.24, 2.45) is 11.1 Å². The summed E-state index contributed by atoms with van der Waals surface area (Å²) in [7, 11) is 0. The molecule has 0 unspecified atom stereocenters. The van der Waals surface area contributed by atoms with Crippen LogP contribution in [0, 0.1) is 5.41 Å². The average Bonchev–Trinajstić information content (AvgIpc) is 2.54. The Labute approximate surface area is 90.1 Å². The molecule has 15 heavy (non-hydrogen) atoms. The summed E-state index contributed by atoms with van der Waals surface area (Å²) in [5.74, 6) is 0. The Bertz CT molecular complexity index is 369. The van der Waals surface area contributed by atoms with Crippen LogP contribution in [-0.2, 0) is 6.42 Å². The van der Waals surface area contributed by atoms with E-state index >= 15 is 0 Å². The van der Waals surface area contributed by atoms with Gasteiger partial charge in [0, 0.05) is 18.4 Å². The predicted octanol–water partition coefficient (Wildman–Crippen LogP) is 1.01. The van der Waals surface area contributed by atoms with Crippen LogP contribution in [0.2, 0.25) is 0 Å². The molecule has 3 nitrogen and oxygen atoms in total. The van der Waals surface area contributed by atoms with Crippen LogP contribution in [0.3, 0.4) is 0 Å². The lowest BCUT2D eigenvalue weighted by Gasteiger charge is -2.37. The second kappa shape index (κ2) is 3.29. The van der Waals surface area contributed by atoms with Gasteiger partial charge in [-0.15, -0.1) is 0 Å². The minimum absolute atomic E-state index is 0.197. The molecule has 3 rings (SSSR count). The first kappa shape index (κ1) is 9.31. The number of hydrogen-bond acceptors (Lipinski definition) is 3. The van der Waals surface area contributed by atoms with Crippen LogP contribution >= 0.6 is 0 Å². The molecule has 3 heteroatoms. The van der Waals surface area contributed by atoms with E-state index < -0.39 is 0 Å². The second-order valence-electron chi connectivity index (χ2n) is 4.84. The topological polar surface area (TPSA) is 50.9 Å². The Kier molecular flexibility index (Phi) is 2.04. The van der Waals surface area contributed by atoms with Gasteiger partial charge in [-0.3, -0.25) is 4.98 Å². The Morgan fingerprint density at radius 1 is 1.40 bits per heavy atom. The van der Waals surface area contributed by atoms with E-state index in [4.69, 9.17) is 5.73 Å². The first-order valence-electron chi connectivity index (χ1n) is 5.71. The lowest BCUT2D eigenvalue weighted by Crippen LogP contribution is -2.42. The van der Waals surface area contributed by atoms with Crippen molar-refractivity contribution in [1.82, 2.24) is 10.3 Å². The molecule has 0 aromatic carbocycles. The van der Waals surface area contributed by atoms with Crippen molar-refractivity contribution in [3.8, 4) is 0 Å². The predicted molar refractivity (Wildman–Crippen MR) is 59.4 cm³/mol. The summed E-state index contributed by atoms with van der Waals surface area (Å²) >= 11 is 0. The molecular formula is C12H17N3. The Morgan fingerprint density at radius 3 is 2.93 bits per heavy atom. The zero-order valence-electron chi connectivity index (χ0n) is 8.87. The molecule has 1 aliphatic carbocycles. The van der Waals surface area contributed by atoms with Gasteiger partial charge >= 0.3 is 0 Å². The molecule has 0 amide bonds. The molecular weight excluding hydrogens is 186 g/mol. The molecule has 0 saturated carbocycles. The van der Waals surface area contributed by atoms with Crippen molar-refractivity contribution in [1.29, 1.82) is 0 Å². The number of hydrogen-bond donors (Lipinski definition) is 2. The molecule has 1 saturated heterocycles. The van der Waals surface area contributed by atoms with Crippen molar-refractivity contribution >= 4 is 0 Å². The smallest absolute Gasteiger partial charge is 0.0374 e. The highest BCUT2D eigenvalue weighted by Gasteiger charge is 2.44. The number of piperidine rings is 1. The van der Waals surface area contributed by atoms with Crippen molar-refractivity contribution in [2.45, 2.75) is 25.3 Å². The molecule has 0 radical (unpaired) electrons. The number of nitrogens with two attached hydrogens (primary N) is 1. The highest BCUT2D eigenvalue weighted by atomic mass is 14.9. The van der Waals surface area contributed by atoms with Crippen LogP contribution in [0.1, 0.15) is 30.0 Å². The molecule has 2 heterocycles. The van der Waals surface area contributed by atoms with Gasteiger partial charge in [-0.25, -0.2) is 0 Å². The molecule has 1 atom stereocenters. The normalized spacial score (nSPS) is 27.9. The minimum Gasteiger partial charge on any atom is -0.323 e. The summed E-state index contributed by atoms with van der Waals surface area (Å²) in [6.07, 6.45) is 7.38. The first-order chi connectivity index (χ1) is 7.32. The van der Waals surface area contributed by atoms with Crippen molar-refractivity contribution in [2.75, 3.05) is 13.1 Å². The molecule has 1 spiro atoms. The first-order valence-corrected chi connectivity index (χ1v) is 5.71. The number of aromatic nitrogens is 1. The van der Waals surface area contributed by atoms with Crippen LogP contribution in [0.4, 0.5) is 0 Å². The van der Waals surface area contributed by atoms with Gasteiger partial charge in [0.05, 0.1) is 0 Å². The maximum absolute atomic E-state index is 6.39. The van der Waals surface area contributed by atoms with Crippen molar-refractivity contribution < 1.29 is 0 Å². The maximum atomic E-state index is 6.39. The van der Waals surface area contributed by atoms with Crippen LogP contribution in [-0.4, -0.2) is 18.1 Å². The quantitative estimate of drug-likeness (QED) is 0.661. The zero-order valence-corrected chi connectivity index (χ0v) is 8.87. The maximum Gasteiger partial charge on any atom is 0.0374 e. The van der Waals surface area contributed by atoms with Crippen LogP contribution in [0.5, 0.6) is 0 Å². The van der Waals surface area contributed by atoms with Gasteiger partial charge in [-0.1, -0.05) is 0 Å². The Morgan fingerprint density at radius 2 is 2.20 bits per heavy atom. The largest absolute Gasteiger partial charge is 0.323 e. The highest BCUT2D eigenvalue weighted by molar-refractivity contribution is 5.35. The lowest BCUT2D eigenvalue weighted by atomic mass is 9.74. The second-order valence-corrected chi connectivity index (χ2v) is 4.84. The van der Waals surface area contributed by atoms with E-state index in [0.717, 1.165) is 19.5 Å². The van der Waals surface area contributed by atoms with Crippen molar-refractivity contribution in [3.63, 3.8) is 0 Å². The molecule has 0 bridgehead atoms. The molecule has 80 valence electrons. The number of rotatable bonds is 0. The monoisotopic (exact) mass is 203 g/mol. The van der Waals surface area contributed by atoms with Crippen LogP contribution < -0.4 is 11.1 Å². The number of pyridine rings is 1. The van der Waals surface area contributed by atoms with E-state index in [2.05, 4.69) is 16.4 Å². The number of fused-ring (bicyclic) bond motifs is 1. The fourth-order valence-electron chi connectivity index (χ4n) is 3.11. The highest BCUT2D eigenvalue weighted by Crippen LogP contribution is 2.49. The fourth-order valence-corrected chi connectivity index (χ4v) is 3.11. The zero-order chi connectivity index (χ0) is 10.3. The molecule has 1 aromatic heterocycles. The fraction of sp³-hybridized carbons (Fsp3) is 0.583. The van der Waals surface area contributed by atoms with Gasteiger partial charge in [-0.05, 0) is 55.0 Å². The van der Waals surface area contributed by atoms with E-state index in [1.807, 2.05) is 12.4 Å². The summed E-state index contributed by atoms with van der Waals surface area (Å²) in [6.45, 7) is 2.21. The third kappa shape index (κ3) is 1.30. The van der Waals surface area contributed by atoms with Gasteiger partial charge in [0.1, 0.15) is 0 Å². The molecule has 1 aromatic rings. The Balaban J connectivity index is 1.98. The van der Waals surface area contributed by atoms with Gasteiger partial charge in [0.2, 0.25) is 0 Å². The van der Waals surface area contributed by atoms with E-state index in [-0.39, 0.29) is 6.04 Å². The van der Waals surface area contributed by atoms with E-state index in [9.17, 15) is 0 Å². The van der Waals surface area contributed by atoms with Crippen LogP contribution in [0.25, 0.3) is 0 Å². The lowest BCUT2D eigenvalue weighted by molar-refractivity contribution is 0.174. The average molecular weight is 203 g/mol. The summed E-state index contributed by atoms with van der Waals surface area (Å²) in [6, 6.07) is 2.33. The van der Waals surface area contributed by atoms with E-state index in [1.165, 1.54) is 24.0 Å². The number of nitrogens with one attached hydrogen (secondary N) is 1. The van der Waals surface area contributed by atoms with Crippen molar-refractivity contribution in [3.05, 3.63) is 29.6 Å². The summed E-state index contributed by atoms with van der Waals surface area (Å²) in [4.78, 5) is 4.19. The molecule has 3 N–H and O–H groups in total. The summed E-state index contributed by atoms with van der Waals surface area (Å²) in [5, 5.41) is 3.41. The third-order valence-electron chi connectivity index (χ3n) is 4.08. The molecule has 2 aliphatic rings. The third-order valence-corrected chi connectivity index (χ3v) is 4.08. The van der Waals surface area contributed by atoms with Gasteiger partial charge in [0.25, 0.3) is 0 Å². The summed E-state index contributed by atoms with van der Waals surface area (Å²) in [5.41, 5.74) is 9.40. The number of nitrogens with zero attached hydrogens (tertiary/aromatic N) is 1.